The van der Waals surface area contributed by atoms with Gasteiger partial charge in [0.15, 0.2) is 0 Å². The third-order valence-corrected chi connectivity index (χ3v) is 12.3. The Balaban J connectivity index is 1.18. The summed E-state index contributed by atoms with van der Waals surface area (Å²) in [6.07, 6.45) is 15.5. The zero-order valence-corrected chi connectivity index (χ0v) is 29.6. The largest absolute Gasteiger partial charge is 0.468 e. The number of nitrogens with zero attached hydrogens (tertiary/aromatic N) is 1. The van der Waals surface area contributed by atoms with E-state index in [1.807, 2.05) is 43.3 Å². The van der Waals surface area contributed by atoms with E-state index < -0.39 is 29.5 Å². The number of likely N-dealkylation sites (tertiary alicyclic amines) is 1. The van der Waals surface area contributed by atoms with Crippen LogP contribution in [-0.2, 0) is 35.2 Å². The summed E-state index contributed by atoms with van der Waals surface area (Å²) in [6.45, 7) is 6.06. The van der Waals surface area contributed by atoms with E-state index in [-0.39, 0.29) is 30.1 Å². The highest BCUT2D eigenvalue weighted by Crippen LogP contribution is 2.59. The molecular weight excluding hydrogens is 604 g/mol. The van der Waals surface area contributed by atoms with E-state index in [9.17, 15) is 14.4 Å². The molecule has 4 atom stereocenters. The summed E-state index contributed by atoms with van der Waals surface area (Å²) in [5.41, 5.74) is 0.771. The molecule has 4 bridgehead atoms. The first-order valence-corrected chi connectivity index (χ1v) is 18.9. The fourth-order valence-electron chi connectivity index (χ4n) is 10.4. The molecule has 1 aromatic rings. The summed E-state index contributed by atoms with van der Waals surface area (Å²) in [5, 5.41) is 3.29. The van der Waals surface area contributed by atoms with Crippen molar-refractivity contribution < 1.29 is 28.6 Å². The van der Waals surface area contributed by atoms with Gasteiger partial charge in [-0.25, -0.2) is 0 Å². The second kappa shape index (κ2) is 15.5. The average Bonchev–Trinajstić information content (AvgIpc) is 3.07. The Morgan fingerprint density at radius 1 is 0.958 bits per heavy atom. The standard InChI is InChI=1S/C40H58N2O6/c1-4-5-6-7-8-12-15-42-35-20-34(26-47-25-29-13-10-9-11-14-29)48-28(2)40(35,38(45)46-3)24-33(37(42)44)19-36(43)41-27-39-21-30-16-31(22-39)18-32(17-30)23-39/h9-11,13-14,20,28,30-34H,4-8,12,15-19,21-27H2,1-3H3,(H,41,43)/t28-,30?,31?,32?,33+,34-,39?,40+/m1/s1. The Morgan fingerprint density at radius 2 is 1.62 bits per heavy atom. The molecule has 0 radical (unpaired) electrons. The van der Waals surface area contributed by atoms with Crippen molar-refractivity contribution in [2.24, 2.45) is 34.5 Å². The first-order valence-electron chi connectivity index (χ1n) is 18.9. The fraction of sp³-hybridized carbons (Fsp3) is 0.725. The van der Waals surface area contributed by atoms with E-state index >= 15 is 0 Å². The number of piperidine rings is 1. The number of carbonyl (C=O) groups is 3. The maximum Gasteiger partial charge on any atom is 0.320 e. The number of hydrogen-bond donors (Lipinski definition) is 1. The molecule has 4 aliphatic carbocycles. The van der Waals surface area contributed by atoms with Crippen LogP contribution in [0.15, 0.2) is 42.1 Å². The highest BCUT2D eigenvalue weighted by Gasteiger charge is 2.59. The molecule has 1 N–H and O–H groups in total. The second-order valence-electron chi connectivity index (χ2n) is 15.9. The molecule has 2 amide bonds. The molecule has 0 unspecified atom stereocenters. The van der Waals surface area contributed by atoms with Gasteiger partial charge < -0.3 is 24.4 Å². The van der Waals surface area contributed by atoms with Gasteiger partial charge in [-0.15, -0.1) is 0 Å². The summed E-state index contributed by atoms with van der Waals surface area (Å²) in [6, 6.07) is 9.99. The van der Waals surface area contributed by atoms with Crippen molar-refractivity contribution in [3.05, 3.63) is 47.7 Å². The number of hydrogen-bond acceptors (Lipinski definition) is 6. The van der Waals surface area contributed by atoms with Crippen LogP contribution < -0.4 is 5.32 Å². The summed E-state index contributed by atoms with van der Waals surface area (Å²) in [5.74, 6) is 1.24. The maximum atomic E-state index is 14.4. The molecule has 1 aromatic carbocycles. The normalized spacial score (nSPS) is 33.7. The van der Waals surface area contributed by atoms with Gasteiger partial charge in [-0.3, -0.25) is 14.4 Å². The van der Waals surface area contributed by atoms with Crippen LogP contribution >= 0.6 is 0 Å². The number of methoxy groups -OCH3 is 1. The second-order valence-corrected chi connectivity index (χ2v) is 15.9. The molecule has 1 saturated heterocycles. The van der Waals surface area contributed by atoms with E-state index in [1.165, 1.54) is 64.9 Å². The minimum absolute atomic E-state index is 0.0700. The summed E-state index contributed by atoms with van der Waals surface area (Å²) >= 11 is 0. The minimum Gasteiger partial charge on any atom is -0.468 e. The number of carbonyl (C=O) groups excluding carboxylic acids is 3. The Labute approximate surface area is 287 Å². The van der Waals surface area contributed by atoms with Crippen molar-refractivity contribution in [3.8, 4) is 0 Å². The number of esters is 1. The third-order valence-electron chi connectivity index (χ3n) is 12.3. The Kier molecular flexibility index (Phi) is 11.3. The number of amides is 2. The molecule has 4 saturated carbocycles. The number of ether oxygens (including phenoxy) is 3. The van der Waals surface area contributed by atoms with E-state index in [2.05, 4.69) is 12.2 Å². The van der Waals surface area contributed by atoms with Crippen LogP contribution in [0.3, 0.4) is 0 Å². The monoisotopic (exact) mass is 662 g/mol. The molecule has 264 valence electrons. The molecule has 48 heavy (non-hydrogen) atoms. The van der Waals surface area contributed by atoms with Gasteiger partial charge >= 0.3 is 5.97 Å². The zero-order chi connectivity index (χ0) is 33.7. The summed E-state index contributed by atoms with van der Waals surface area (Å²) in [4.78, 5) is 43.6. The highest BCUT2D eigenvalue weighted by atomic mass is 16.5. The van der Waals surface area contributed by atoms with Crippen LogP contribution in [0, 0.1) is 34.5 Å². The molecule has 2 aliphatic heterocycles. The fourth-order valence-corrected chi connectivity index (χ4v) is 10.4. The highest BCUT2D eigenvalue weighted by molar-refractivity contribution is 5.92. The molecular formula is C40H58N2O6. The van der Waals surface area contributed by atoms with Crippen molar-refractivity contribution in [3.63, 3.8) is 0 Å². The lowest BCUT2D eigenvalue weighted by Gasteiger charge is -2.57. The van der Waals surface area contributed by atoms with Gasteiger partial charge in [-0.05, 0) is 93.1 Å². The zero-order valence-electron chi connectivity index (χ0n) is 29.6. The van der Waals surface area contributed by atoms with Gasteiger partial charge in [-0.1, -0.05) is 69.4 Å². The molecule has 0 aromatic heterocycles. The molecule has 8 heteroatoms. The summed E-state index contributed by atoms with van der Waals surface area (Å²) < 4.78 is 18.0. The van der Waals surface area contributed by atoms with Crippen molar-refractivity contribution in [2.75, 3.05) is 26.8 Å². The number of benzene rings is 1. The van der Waals surface area contributed by atoms with E-state index in [0.717, 1.165) is 42.6 Å². The average molecular weight is 663 g/mol. The molecule has 7 rings (SSSR count). The Bertz CT molecular complexity index is 1280. The molecule has 6 aliphatic rings. The van der Waals surface area contributed by atoms with E-state index in [4.69, 9.17) is 14.2 Å². The minimum atomic E-state index is -1.17. The van der Waals surface area contributed by atoms with Gasteiger partial charge in [0.2, 0.25) is 11.8 Å². The van der Waals surface area contributed by atoms with Gasteiger partial charge in [0.05, 0.1) is 26.4 Å². The lowest BCUT2D eigenvalue weighted by Crippen LogP contribution is -2.60. The van der Waals surface area contributed by atoms with E-state index in [0.29, 0.717) is 32.0 Å². The SMILES string of the molecule is CCCCCCCCN1C(=O)[C@@H](CC(=O)NCC23CC4CC(CC(C4)C2)C3)C[C@@]2(C(=O)OC)C1=C[C@H](COCc1ccccc1)O[C@@H]2C. The van der Waals surface area contributed by atoms with Crippen LogP contribution in [0.2, 0.25) is 0 Å². The van der Waals surface area contributed by atoms with Crippen LogP contribution in [0.5, 0.6) is 0 Å². The van der Waals surface area contributed by atoms with E-state index in [1.54, 1.807) is 4.90 Å². The number of fused-ring (bicyclic) bond motifs is 1. The topological polar surface area (TPSA) is 94.2 Å². The molecule has 2 heterocycles. The molecule has 0 spiro atoms. The molecule has 5 fully saturated rings. The quantitative estimate of drug-likeness (QED) is 0.152. The van der Waals surface area contributed by atoms with Crippen molar-refractivity contribution in [2.45, 2.75) is 123 Å². The number of rotatable bonds is 16. The van der Waals surface area contributed by atoms with Crippen LogP contribution in [-0.4, -0.2) is 61.7 Å². The summed E-state index contributed by atoms with van der Waals surface area (Å²) in [7, 11) is 1.40. The smallest absolute Gasteiger partial charge is 0.320 e. The van der Waals surface area contributed by atoms with Gasteiger partial charge in [0.1, 0.15) is 11.5 Å². The molecule has 8 nitrogen and oxygen atoms in total. The lowest BCUT2D eigenvalue weighted by atomic mass is 9.49. The Morgan fingerprint density at radius 3 is 2.29 bits per heavy atom. The first-order chi connectivity index (χ1) is 23.2. The van der Waals surface area contributed by atoms with Crippen molar-refractivity contribution >= 4 is 17.8 Å². The van der Waals surface area contributed by atoms with Gasteiger partial charge in [0.25, 0.3) is 0 Å². The van der Waals surface area contributed by atoms with Gasteiger partial charge in [0, 0.05) is 31.1 Å². The van der Waals surface area contributed by atoms with Crippen LogP contribution in [0.25, 0.3) is 0 Å². The van der Waals surface area contributed by atoms with Crippen molar-refractivity contribution in [1.82, 2.24) is 10.2 Å². The van der Waals surface area contributed by atoms with Crippen molar-refractivity contribution in [1.29, 1.82) is 0 Å². The van der Waals surface area contributed by atoms with Crippen LogP contribution in [0.4, 0.5) is 0 Å². The lowest BCUT2D eigenvalue weighted by molar-refractivity contribution is -0.178. The predicted octanol–water partition coefficient (Wildman–Crippen LogP) is 6.97. The van der Waals surface area contributed by atoms with Crippen LogP contribution in [0.1, 0.15) is 109 Å². The maximum absolute atomic E-state index is 14.4. The predicted molar refractivity (Wildman–Crippen MR) is 184 cm³/mol. The number of unbranched alkanes of at least 4 members (excludes halogenated alkanes) is 5. The number of nitrogens with one attached hydrogen (secondary N) is 1. The van der Waals surface area contributed by atoms with Gasteiger partial charge in [-0.2, -0.15) is 0 Å². The first kappa shape index (κ1) is 35.1. The third kappa shape index (κ3) is 7.55. The Hall–Kier alpha value is -2.71.